The second kappa shape index (κ2) is 5.95. The Morgan fingerprint density at radius 1 is 1.17 bits per heavy atom. The summed E-state index contributed by atoms with van der Waals surface area (Å²) in [6, 6.07) is 6.77. The van der Waals surface area contributed by atoms with Crippen molar-refractivity contribution in [2.24, 2.45) is 0 Å². The number of nitrogens with zero attached hydrogens (tertiary/aromatic N) is 1. The highest BCUT2D eigenvalue weighted by molar-refractivity contribution is 6.04. The van der Waals surface area contributed by atoms with Crippen LogP contribution < -0.4 is 0 Å². The van der Waals surface area contributed by atoms with Gasteiger partial charge in [0.25, 0.3) is 5.91 Å². The number of hydrogen-bond donors (Lipinski definition) is 1. The van der Waals surface area contributed by atoms with Crippen LogP contribution in [0, 0.1) is 6.92 Å². The van der Waals surface area contributed by atoms with Gasteiger partial charge in [0.2, 0.25) is 5.91 Å². The molecule has 0 radical (unpaired) electrons. The lowest BCUT2D eigenvalue weighted by Crippen LogP contribution is -2.36. The van der Waals surface area contributed by atoms with E-state index in [2.05, 4.69) is 0 Å². The van der Waals surface area contributed by atoms with Crippen molar-refractivity contribution in [2.45, 2.75) is 20.3 Å². The molecule has 1 aromatic carbocycles. The number of carboxylic acid groups (broad SMARTS) is 1. The Morgan fingerprint density at radius 3 is 2.17 bits per heavy atom. The topological polar surface area (TPSA) is 74.7 Å². The third-order valence-electron chi connectivity index (χ3n) is 2.47. The molecule has 0 heterocycles. The first-order valence-electron chi connectivity index (χ1n) is 5.52. The van der Waals surface area contributed by atoms with Crippen LogP contribution in [0.15, 0.2) is 24.3 Å². The van der Waals surface area contributed by atoms with Gasteiger partial charge in [0.1, 0.15) is 0 Å². The summed E-state index contributed by atoms with van der Waals surface area (Å²) in [5.41, 5.74) is 1.38. The smallest absolute Gasteiger partial charge is 0.305 e. The molecule has 5 heteroatoms. The van der Waals surface area contributed by atoms with Gasteiger partial charge >= 0.3 is 5.97 Å². The highest BCUT2D eigenvalue weighted by atomic mass is 16.4. The molecular weight excluding hydrogens is 234 g/mol. The molecule has 0 atom stereocenters. The third kappa shape index (κ3) is 3.69. The van der Waals surface area contributed by atoms with Crippen molar-refractivity contribution in [3.05, 3.63) is 35.4 Å². The molecule has 0 bridgehead atoms. The predicted octanol–water partition coefficient (Wildman–Crippen LogP) is 1.46. The first-order chi connectivity index (χ1) is 8.41. The van der Waals surface area contributed by atoms with Gasteiger partial charge in [-0.2, -0.15) is 0 Å². The first-order valence-corrected chi connectivity index (χ1v) is 5.52. The molecule has 2 amide bonds. The van der Waals surface area contributed by atoms with E-state index >= 15 is 0 Å². The molecule has 96 valence electrons. The number of imide groups is 1. The van der Waals surface area contributed by atoms with Gasteiger partial charge in [-0.05, 0) is 19.1 Å². The summed E-state index contributed by atoms with van der Waals surface area (Å²) < 4.78 is 0. The Hall–Kier alpha value is -2.17. The van der Waals surface area contributed by atoms with Crippen molar-refractivity contribution < 1.29 is 19.5 Å². The normalized spacial score (nSPS) is 9.89. The molecule has 1 aromatic rings. The number of aryl methyl sites for hydroxylation is 1. The van der Waals surface area contributed by atoms with Crippen LogP contribution in [0.3, 0.4) is 0 Å². The van der Waals surface area contributed by atoms with Crippen molar-refractivity contribution in [3.8, 4) is 0 Å². The van der Waals surface area contributed by atoms with Gasteiger partial charge in [-0.25, -0.2) is 0 Å². The van der Waals surface area contributed by atoms with Crippen LogP contribution >= 0.6 is 0 Å². The molecule has 0 fully saturated rings. The molecule has 0 saturated heterocycles. The summed E-state index contributed by atoms with van der Waals surface area (Å²) in [4.78, 5) is 34.8. The minimum atomic E-state index is -1.04. The summed E-state index contributed by atoms with van der Waals surface area (Å²) in [5.74, 6) is -1.97. The zero-order chi connectivity index (χ0) is 13.7. The van der Waals surface area contributed by atoms with E-state index in [1.165, 1.54) is 6.92 Å². The Bertz CT molecular complexity index is 464. The van der Waals surface area contributed by atoms with Crippen LogP contribution in [-0.2, 0) is 9.59 Å². The number of carbonyl (C=O) groups is 3. The predicted molar refractivity (Wildman–Crippen MR) is 65.1 cm³/mol. The number of hydrogen-bond acceptors (Lipinski definition) is 3. The largest absolute Gasteiger partial charge is 0.481 e. The maximum absolute atomic E-state index is 12.0. The molecule has 0 unspecified atom stereocenters. The highest BCUT2D eigenvalue weighted by Crippen LogP contribution is 2.08. The van der Waals surface area contributed by atoms with Gasteiger partial charge in [0.15, 0.2) is 0 Å². The summed E-state index contributed by atoms with van der Waals surface area (Å²) in [5, 5.41) is 8.58. The van der Waals surface area contributed by atoms with E-state index in [1.807, 2.05) is 6.92 Å². The third-order valence-corrected chi connectivity index (χ3v) is 2.47. The Labute approximate surface area is 105 Å². The molecule has 0 aromatic heterocycles. The maximum atomic E-state index is 12.0. The fourth-order valence-corrected chi connectivity index (χ4v) is 1.46. The van der Waals surface area contributed by atoms with Gasteiger partial charge in [0, 0.05) is 19.0 Å². The second-order valence-corrected chi connectivity index (χ2v) is 3.99. The zero-order valence-corrected chi connectivity index (χ0v) is 10.3. The van der Waals surface area contributed by atoms with E-state index in [0.29, 0.717) is 5.56 Å². The SMILES string of the molecule is CC(=O)N(CCC(=O)O)C(=O)c1ccc(C)cc1. The van der Waals surface area contributed by atoms with Crippen LogP contribution in [0.5, 0.6) is 0 Å². The number of carbonyl (C=O) groups excluding carboxylic acids is 2. The molecular formula is C13H15NO4. The molecule has 1 rings (SSSR count). The van der Waals surface area contributed by atoms with Crippen molar-refractivity contribution >= 4 is 17.8 Å². The lowest BCUT2D eigenvalue weighted by Gasteiger charge is -2.18. The second-order valence-electron chi connectivity index (χ2n) is 3.99. The van der Waals surface area contributed by atoms with E-state index in [1.54, 1.807) is 24.3 Å². The summed E-state index contributed by atoms with van der Waals surface area (Å²) in [7, 11) is 0. The van der Waals surface area contributed by atoms with Gasteiger partial charge < -0.3 is 5.11 Å². The van der Waals surface area contributed by atoms with E-state index in [-0.39, 0.29) is 13.0 Å². The monoisotopic (exact) mass is 249 g/mol. The van der Waals surface area contributed by atoms with Crippen molar-refractivity contribution in [2.75, 3.05) is 6.54 Å². The average Bonchev–Trinajstić information content (AvgIpc) is 2.29. The zero-order valence-electron chi connectivity index (χ0n) is 10.3. The van der Waals surface area contributed by atoms with Crippen LogP contribution in [0.2, 0.25) is 0 Å². The fraction of sp³-hybridized carbons (Fsp3) is 0.308. The molecule has 0 spiro atoms. The molecule has 0 saturated carbocycles. The maximum Gasteiger partial charge on any atom is 0.305 e. The Balaban J connectivity index is 2.85. The van der Waals surface area contributed by atoms with E-state index in [4.69, 9.17) is 5.11 Å². The van der Waals surface area contributed by atoms with Crippen molar-refractivity contribution in [1.29, 1.82) is 0 Å². The summed E-state index contributed by atoms with van der Waals surface area (Å²) in [6.07, 6.45) is -0.253. The summed E-state index contributed by atoms with van der Waals surface area (Å²) >= 11 is 0. The molecule has 0 aliphatic carbocycles. The van der Waals surface area contributed by atoms with Crippen LogP contribution in [0.25, 0.3) is 0 Å². The number of carboxylic acids is 1. The quantitative estimate of drug-likeness (QED) is 0.876. The number of amides is 2. The standard InChI is InChI=1S/C13H15NO4/c1-9-3-5-11(6-4-9)13(18)14(10(2)15)8-7-12(16)17/h3-6H,7-8H2,1-2H3,(H,16,17). The van der Waals surface area contributed by atoms with E-state index in [9.17, 15) is 14.4 Å². The Kier molecular flexibility index (Phi) is 4.59. The van der Waals surface area contributed by atoms with Crippen molar-refractivity contribution in [3.63, 3.8) is 0 Å². The molecule has 0 aliphatic heterocycles. The van der Waals surface area contributed by atoms with E-state index < -0.39 is 17.8 Å². The molecule has 5 nitrogen and oxygen atoms in total. The highest BCUT2D eigenvalue weighted by Gasteiger charge is 2.20. The number of rotatable bonds is 4. The average molecular weight is 249 g/mol. The molecule has 0 aliphatic rings. The van der Waals surface area contributed by atoms with Crippen LogP contribution in [0.1, 0.15) is 29.3 Å². The van der Waals surface area contributed by atoms with E-state index in [0.717, 1.165) is 10.5 Å². The summed E-state index contributed by atoms with van der Waals surface area (Å²) in [6.45, 7) is 3.02. The number of benzene rings is 1. The minimum absolute atomic E-state index is 0.114. The van der Waals surface area contributed by atoms with Crippen LogP contribution in [-0.4, -0.2) is 34.3 Å². The van der Waals surface area contributed by atoms with Gasteiger partial charge in [-0.15, -0.1) is 0 Å². The Morgan fingerprint density at radius 2 is 1.72 bits per heavy atom. The van der Waals surface area contributed by atoms with Gasteiger partial charge in [0.05, 0.1) is 6.42 Å². The fourth-order valence-electron chi connectivity index (χ4n) is 1.46. The lowest BCUT2D eigenvalue weighted by molar-refractivity contribution is -0.137. The number of aliphatic carboxylic acids is 1. The molecule has 1 N–H and O–H groups in total. The minimum Gasteiger partial charge on any atom is -0.481 e. The van der Waals surface area contributed by atoms with Gasteiger partial charge in [-0.3, -0.25) is 19.3 Å². The van der Waals surface area contributed by atoms with Gasteiger partial charge in [-0.1, -0.05) is 17.7 Å². The van der Waals surface area contributed by atoms with Crippen molar-refractivity contribution in [1.82, 2.24) is 4.90 Å². The van der Waals surface area contributed by atoms with Crippen LogP contribution in [0.4, 0.5) is 0 Å². The lowest BCUT2D eigenvalue weighted by atomic mass is 10.1. The molecule has 18 heavy (non-hydrogen) atoms. The first kappa shape index (κ1) is 13.9.